The molecule has 1 saturated heterocycles. The molecule has 2 atom stereocenters. The topological polar surface area (TPSA) is 83.9 Å². The van der Waals surface area contributed by atoms with Crippen LogP contribution in [0.15, 0.2) is 23.1 Å². The number of hydrogen-bond acceptors (Lipinski definition) is 4. The second-order valence-electron chi connectivity index (χ2n) is 5.44. The number of carboxylic acid groups (broad SMARTS) is 1. The van der Waals surface area contributed by atoms with Crippen LogP contribution in [0.5, 0.6) is 5.75 Å². The first-order chi connectivity index (χ1) is 9.77. The van der Waals surface area contributed by atoms with Crippen LogP contribution in [0.25, 0.3) is 0 Å². The molecule has 0 radical (unpaired) electrons. The molecule has 0 aromatic heterocycles. The highest BCUT2D eigenvalue weighted by Crippen LogP contribution is 2.30. The Morgan fingerprint density at radius 3 is 2.33 bits per heavy atom. The fourth-order valence-electron chi connectivity index (χ4n) is 2.44. The second kappa shape index (κ2) is 5.65. The summed E-state index contributed by atoms with van der Waals surface area (Å²) in [6.07, 6.45) is 0. The van der Waals surface area contributed by atoms with Gasteiger partial charge in [0, 0.05) is 13.1 Å². The van der Waals surface area contributed by atoms with Crippen molar-refractivity contribution in [1.82, 2.24) is 4.31 Å². The minimum Gasteiger partial charge on any atom is -0.496 e. The van der Waals surface area contributed by atoms with Crippen LogP contribution in [0.2, 0.25) is 0 Å². The molecule has 1 aliphatic heterocycles. The summed E-state index contributed by atoms with van der Waals surface area (Å²) in [7, 11) is -2.32. The summed E-state index contributed by atoms with van der Waals surface area (Å²) in [6.45, 7) is 4.93. The number of sulfonamides is 1. The van der Waals surface area contributed by atoms with Crippen LogP contribution in [-0.2, 0) is 10.0 Å². The van der Waals surface area contributed by atoms with Gasteiger partial charge in [-0.1, -0.05) is 13.8 Å². The summed E-state index contributed by atoms with van der Waals surface area (Å²) in [6, 6.07) is 3.91. The van der Waals surface area contributed by atoms with E-state index in [1.165, 1.54) is 23.5 Å². The first-order valence-corrected chi connectivity index (χ1v) is 8.13. The summed E-state index contributed by atoms with van der Waals surface area (Å²) in [5.41, 5.74) is -0.154. The zero-order valence-electron chi connectivity index (χ0n) is 12.2. The molecule has 2 rings (SSSR count). The molecule has 6 nitrogen and oxygen atoms in total. The SMILES string of the molecule is COc1ccc(S(=O)(=O)N2CC(C)C(C)C2)cc1C(=O)O. The summed E-state index contributed by atoms with van der Waals surface area (Å²) >= 11 is 0. The fraction of sp³-hybridized carbons (Fsp3) is 0.500. The number of carboxylic acids is 1. The molecule has 1 N–H and O–H groups in total. The maximum Gasteiger partial charge on any atom is 0.339 e. The van der Waals surface area contributed by atoms with E-state index >= 15 is 0 Å². The Hall–Kier alpha value is -1.60. The van der Waals surface area contributed by atoms with Crippen LogP contribution in [-0.4, -0.2) is 44.0 Å². The highest BCUT2D eigenvalue weighted by Gasteiger charge is 2.35. The van der Waals surface area contributed by atoms with E-state index in [9.17, 15) is 13.2 Å². The van der Waals surface area contributed by atoms with Crippen molar-refractivity contribution in [2.24, 2.45) is 11.8 Å². The van der Waals surface area contributed by atoms with Gasteiger partial charge in [0.25, 0.3) is 0 Å². The predicted molar refractivity (Wildman–Crippen MR) is 77.0 cm³/mol. The van der Waals surface area contributed by atoms with E-state index in [1.54, 1.807) is 0 Å². The molecule has 0 saturated carbocycles. The van der Waals surface area contributed by atoms with E-state index in [1.807, 2.05) is 13.8 Å². The third-order valence-corrected chi connectivity index (χ3v) is 5.82. The predicted octanol–water partition coefficient (Wildman–Crippen LogP) is 1.67. The average Bonchev–Trinajstić information content (AvgIpc) is 2.78. The van der Waals surface area contributed by atoms with Crippen LogP contribution in [0, 0.1) is 11.8 Å². The molecule has 2 unspecified atom stereocenters. The smallest absolute Gasteiger partial charge is 0.339 e. The number of rotatable bonds is 4. The highest BCUT2D eigenvalue weighted by atomic mass is 32.2. The summed E-state index contributed by atoms with van der Waals surface area (Å²) in [5, 5.41) is 9.15. The Morgan fingerprint density at radius 2 is 1.86 bits per heavy atom. The zero-order valence-corrected chi connectivity index (χ0v) is 13.1. The van der Waals surface area contributed by atoms with Gasteiger partial charge >= 0.3 is 5.97 Å². The van der Waals surface area contributed by atoms with Crippen molar-refractivity contribution < 1.29 is 23.1 Å². The van der Waals surface area contributed by atoms with Crippen LogP contribution in [0.4, 0.5) is 0 Å². The molecule has 1 fully saturated rings. The molecule has 116 valence electrons. The van der Waals surface area contributed by atoms with E-state index in [2.05, 4.69) is 0 Å². The first kappa shape index (κ1) is 15.8. The third kappa shape index (κ3) is 2.89. The van der Waals surface area contributed by atoms with Gasteiger partial charge in [-0.05, 0) is 30.0 Å². The van der Waals surface area contributed by atoms with Gasteiger partial charge in [-0.3, -0.25) is 0 Å². The number of ether oxygens (including phenoxy) is 1. The fourth-order valence-corrected chi connectivity index (χ4v) is 4.10. The van der Waals surface area contributed by atoms with Gasteiger partial charge < -0.3 is 9.84 Å². The van der Waals surface area contributed by atoms with Gasteiger partial charge in [0.1, 0.15) is 11.3 Å². The van der Waals surface area contributed by atoms with Gasteiger partial charge in [-0.25, -0.2) is 13.2 Å². The van der Waals surface area contributed by atoms with Gasteiger partial charge in [-0.15, -0.1) is 0 Å². The van der Waals surface area contributed by atoms with Crippen molar-refractivity contribution in [3.05, 3.63) is 23.8 Å². The van der Waals surface area contributed by atoms with Crippen molar-refractivity contribution in [3.8, 4) is 5.75 Å². The van der Waals surface area contributed by atoms with Crippen LogP contribution in [0.1, 0.15) is 24.2 Å². The minimum atomic E-state index is -3.67. The number of aromatic carboxylic acids is 1. The normalized spacial score (nSPS) is 23.2. The Labute approximate surface area is 124 Å². The van der Waals surface area contributed by atoms with Crippen molar-refractivity contribution in [2.75, 3.05) is 20.2 Å². The first-order valence-electron chi connectivity index (χ1n) is 6.69. The number of nitrogens with zero attached hydrogens (tertiary/aromatic N) is 1. The number of carbonyl (C=O) groups is 1. The maximum absolute atomic E-state index is 12.6. The molecular formula is C14H19NO5S. The van der Waals surface area contributed by atoms with Gasteiger partial charge in [-0.2, -0.15) is 4.31 Å². The third-order valence-electron chi connectivity index (χ3n) is 3.99. The highest BCUT2D eigenvalue weighted by molar-refractivity contribution is 7.89. The van der Waals surface area contributed by atoms with Crippen LogP contribution < -0.4 is 4.74 Å². The lowest BCUT2D eigenvalue weighted by Crippen LogP contribution is -2.29. The van der Waals surface area contributed by atoms with Crippen molar-refractivity contribution in [3.63, 3.8) is 0 Å². The Balaban J connectivity index is 2.42. The quantitative estimate of drug-likeness (QED) is 0.914. The second-order valence-corrected chi connectivity index (χ2v) is 7.38. The van der Waals surface area contributed by atoms with E-state index < -0.39 is 16.0 Å². The molecular weight excluding hydrogens is 294 g/mol. The number of methoxy groups -OCH3 is 1. The standard InChI is InChI=1S/C14H19NO5S/c1-9-7-15(8-10(9)2)21(18,19)11-4-5-13(20-3)12(6-11)14(16)17/h4-6,9-10H,7-8H2,1-3H3,(H,16,17). The Morgan fingerprint density at radius 1 is 1.29 bits per heavy atom. The van der Waals surface area contributed by atoms with Gasteiger partial charge in [0.2, 0.25) is 10.0 Å². The van der Waals surface area contributed by atoms with Crippen LogP contribution in [0.3, 0.4) is 0 Å². The Kier molecular flexibility index (Phi) is 4.25. The molecule has 1 heterocycles. The number of benzene rings is 1. The van der Waals surface area contributed by atoms with Crippen molar-refractivity contribution >= 4 is 16.0 Å². The largest absolute Gasteiger partial charge is 0.496 e. The Bertz CT molecular complexity index is 645. The lowest BCUT2D eigenvalue weighted by atomic mass is 10.0. The van der Waals surface area contributed by atoms with Crippen LogP contribution >= 0.6 is 0 Å². The van der Waals surface area contributed by atoms with Gasteiger partial charge in [0.15, 0.2) is 0 Å². The van der Waals surface area contributed by atoms with E-state index in [-0.39, 0.29) is 28.0 Å². The lowest BCUT2D eigenvalue weighted by molar-refractivity contribution is 0.0693. The summed E-state index contributed by atoms with van der Waals surface area (Å²) < 4.78 is 31.5. The van der Waals surface area contributed by atoms with E-state index in [4.69, 9.17) is 9.84 Å². The summed E-state index contributed by atoms with van der Waals surface area (Å²) in [4.78, 5) is 11.2. The average molecular weight is 313 g/mol. The molecule has 1 aliphatic rings. The maximum atomic E-state index is 12.6. The summed E-state index contributed by atoms with van der Waals surface area (Å²) in [5.74, 6) is -0.495. The molecule has 0 bridgehead atoms. The van der Waals surface area contributed by atoms with E-state index in [0.29, 0.717) is 13.1 Å². The molecule has 7 heteroatoms. The van der Waals surface area contributed by atoms with Crippen molar-refractivity contribution in [2.45, 2.75) is 18.7 Å². The molecule has 21 heavy (non-hydrogen) atoms. The lowest BCUT2D eigenvalue weighted by Gasteiger charge is -2.17. The van der Waals surface area contributed by atoms with Gasteiger partial charge in [0.05, 0.1) is 12.0 Å². The molecule has 0 aliphatic carbocycles. The molecule has 0 spiro atoms. The molecule has 0 amide bonds. The van der Waals surface area contributed by atoms with E-state index in [0.717, 1.165) is 6.07 Å². The monoisotopic (exact) mass is 313 g/mol. The number of hydrogen-bond donors (Lipinski definition) is 1. The minimum absolute atomic E-state index is 0.0120. The molecule has 1 aromatic rings. The zero-order chi connectivity index (χ0) is 15.8. The van der Waals surface area contributed by atoms with Crippen molar-refractivity contribution in [1.29, 1.82) is 0 Å². The molecule has 1 aromatic carbocycles.